The molecule has 4 heteroatoms. The van der Waals surface area contributed by atoms with Crippen LogP contribution in [0.25, 0.3) is 69.9 Å². The second-order valence-electron chi connectivity index (χ2n) is 25.8. The molecular weight excluding hydrogens is 852 g/mol. The van der Waals surface area contributed by atoms with Gasteiger partial charge in [0, 0.05) is 64.5 Å². The molecule has 2 nitrogen and oxygen atoms in total. The highest BCUT2D eigenvalue weighted by atomic mass is 32.1. The largest absolute Gasteiger partial charge is 0.355 e. The summed E-state index contributed by atoms with van der Waals surface area (Å²) in [7, 11) is 2.61. The van der Waals surface area contributed by atoms with Crippen LogP contribution in [0.15, 0.2) is 109 Å². The fourth-order valence-corrected chi connectivity index (χ4v) is 14.8. The molecule has 0 amide bonds. The molecule has 0 spiro atoms. The SMILES string of the molecule is CC(C)(C)c1ccc(Nc2cc3c(cc2-c2c4c(c5c6cc7c(cc6n6c5c2[B]c2cc5sc8ccccc8c5cc2-6)C(C)(C)CCC7(C)C)-c2ccccc2C4(C)C)C(C)(C)CCC3(C)C)cc1. The third kappa shape index (κ3) is 6.03. The lowest BCUT2D eigenvalue weighted by atomic mass is 9.56. The maximum Gasteiger partial charge on any atom is 0.197 e. The summed E-state index contributed by atoms with van der Waals surface area (Å²) in [4.78, 5) is 0. The van der Waals surface area contributed by atoms with E-state index in [1.807, 2.05) is 11.3 Å². The summed E-state index contributed by atoms with van der Waals surface area (Å²) in [6.07, 6.45) is 4.68. The van der Waals surface area contributed by atoms with Gasteiger partial charge < -0.3 is 9.88 Å². The average Bonchev–Trinajstić information content (AvgIpc) is 3.91. The number of hydrogen-bond acceptors (Lipinski definition) is 2. The summed E-state index contributed by atoms with van der Waals surface area (Å²) >= 11 is 1.93. The molecule has 345 valence electrons. The number of fused-ring (bicyclic) bond motifs is 14. The van der Waals surface area contributed by atoms with Crippen LogP contribution >= 0.6 is 11.3 Å². The monoisotopic (exact) mass is 918 g/mol. The van der Waals surface area contributed by atoms with Crippen molar-refractivity contribution < 1.29 is 0 Å². The van der Waals surface area contributed by atoms with Gasteiger partial charge in [0.15, 0.2) is 7.28 Å². The molecule has 69 heavy (non-hydrogen) atoms. The zero-order chi connectivity index (χ0) is 48.1. The first-order valence-corrected chi connectivity index (χ1v) is 26.6. The van der Waals surface area contributed by atoms with Crippen molar-refractivity contribution in [2.75, 3.05) is 5.32 Å². The molecule has 0 atom stereocenters. The Hall–Kier alpha value is -5.58. The first kappa shape index (κ1) is 43.4. The van der Waals surface area contributed by atoms with Gasteiger partial charge in [-0.3, -0.25) is 0 Å². The van der Waals surface area contributed by atoms with E-state index < -0.39 is 0 Å². The summed E-state index contributed by atoms with van der Waals surface area (Å²) in [6, 6.07) is 43.3. The standard InChI is InChI=1S/C65H66BN2S/c1-60(2,3)36-22-24-37(25-23-36)67-49-33-46-44(61(4,5)26-28-63(46,8)9)30-41(49)56-57-54(39-19-14-16-20-43(39)65(57,12)13)55-42-31-45-47(64(10,11)29-27-62(45,6)7)34-50(42)68-51-32-40-38-18-15-17-21-52(38)69-53(40)35-48(51)66-58(56)59(55)68/h14-25,30-35,67H,26-29H2,1-13H3. The van der Waals surface area contributed by atoms with Crippen molar-refractivity contribution in [2.45, 2.75) is 148 Å². The molecular formula is C65H66BN2S. The Morgan fingerprint density at radius 1 is 0.551 bits per heavy atom. The lowest BCUT2D eigenvalue weighted by molar-refractivity contribution is 0.332. The first-order chi connectivity index (χ1) is 32.5. The number of nitrogens with one attached hydrogen (secondary N) is 1. The molecule has 0 saturated heterocycles. The molecule has 0 fully saturated rings. The van der Waals surface area contributed by atoms with Crippen LogP contribution in [-0.4, -0.2) is 11.8 Å². The number of nitrogens with zero attached hydrogens (tertiary/aromatic N) is 1. The van der Waals surface area contributed by atoms with Gasteiger partial charge >= 0.3 is 0 Å². The van der Waals surface area contributed by atoms with Crippen molar-refractivity contribution in [3.05, 3.63) is 148 Å². The van der Waals surface area contributed by atoms with Crippen molar-refractivity contribution >= 4 is 82.9 Å². The minimum atomic E-state index is -0.282. The van der Waals surface area contributed by atoms with E-state index in [4.69, 9.17) is 0 Å². The number of benzene rings is 7. The van der Waals surface area contributed by atoms with Gasteiger partial charge in [0.25, 0.3) is 0 Å². The van der Waals surface area contributed by atoms with E-state index in [2.05, 4.69) is 216 Å². The normalized spacial score (nSPS) is 18.7. The Morgan fingerprint density at radius 3 is 1.84 bits per heavy atom. The summed E-state index contributed by atoms with van der Waals surface area (Å²) in [5.41, 5.74) is 24.5. The Labute approximate surface area is 414 Å². The third-order valence-electron chi connectivity index (χ3n) is 18.1. The second kappa shape index (κ2) is 13.8. The molecule has 0 unspecified atom stereocenters. The fraction of sp³-hybridized carbons (Fsp3) is 0.354. The Bertz CT molecular complexity index is 3730. The van der Waals surface area contributed by atoms with E-state index in [1.165, 1.54) is 138 Å². The predicted octanol–water partition coefficient (Wildman–Crippen LogP) is 16.8. The van der Waals surface area contributed by atoms with Gasteiger partial charge in [-0.15, -0.1) is 11.3 Å². The van der Waals surface area contributed by atoms with E-state index in [0.717, 1.165) is 18.5 Å². The van der Waals surface area contributed by atoms with E-state index in [9.17, 15) is 0 Å². The first-order valence-electron chi connectivity index (χ1n) is 25.8. The van der Waals surface area contributed by atoms with Crippen molar-refractivity contribution in [1.82, 2.24) is 4.57 Å². The summed E-state index contributed by atoms with van der Waals surface area (Å²) in [5.74, 6) is 0. The number of thiophene rings is 1. The van der Waals surface area contributed by atoms with Gasteiger partial charge in [-0.1, -0.05) is 150 Å². The quantitative estimate of drug-likeness (QED) is 0.175. The van der Waals surface area contributed by atoms with Gasteiger partial charge in [-0.05, 0) is 168 Å². The van der Waals surface area contributed by atoms with Gasteiger partial charge in [-0.2, -0.15) is 0 Å². The lowest BCUT2D eigenvalue weighted by Crippen LogP contribution is -2.39. The number of rotatable bonds is 3. The average molecular weight is 918 g/mol. The molecule has 1 radical (unpaired) electrons. The fourth-order valence-electron chi connectivity index (χ4n) is 13.7. The highest BCUT2D eigenvalue weighted by Crippen LogP contribution is 2.59. The molecule has 3 heterocycles. The minimum Gasteiger partial charge on any atom is -0.355 e. The Balaban J connectivity index is 1.23. The molecule has 4 aliphatic rings. The van der Waals surface area contributed by atoms with E-state index in [-0.39, 0.29) is 32.5 Å². The number of anilines is 2. The Morgan fingerprint density at radius 2 is 1.16 bits per heavy atom. The minimum absolute atomic E-state index is 0.0200. The van der Waals surface area contributed by atoms with Crippen molar-refractivity contribution in [3.8, 4) is 27.9 Å². The second-order valence-corrected chi connectivity index (χ2v) is 26.8. The van der Waals surface area contributed by atoms with Crippen LogP contribution in [0, 0.1) is 0 Å². The Kier molecular flexibility index (Phi) is 8.72. The van der Waals surface area contributed by atoms with Crippen LogP contribution in [0.3, 0.4) is 0 Å². The van der Waals surface area contributed by atoms with Gasteiger partial charge in [-0.25, -0.2) is 0 Å². The third-order valence-corrected chi connectivity index (χ3v) is 19.2. The van der Waals surface area contributed by atoms with Crippen molar-refractivity contribution in [1.29, 1.82) is 0 Å². The molecule has 0 saturated carbocycles. The van der Waals surface area contributed by atoms with E-state index >= 15 is 0 Å². The highest BCUT2D eigenvalue weighted by Gasteiger charge is 2.46. The van der Waals surface area contributed by atoms with Crippen LogP contribution in [0.5, 0.6) is 0 Å². The lowest BCUT2D eigenvalue weighted by Gasteiger charge is -2.43. The van der Waals surface area contributed by atoms with Crippen molar-refractivity contribution in [3.63, 3.8) is 0 Å². The smallest absolute Gasteiger partial charge is 0.197 e. The molecule has 1 aliphatic heterocycles. The van der Waals surface area contributed by atoms with Gasteiger partial charge in [0.1, 0.15) is 0 Å². The van der Waals surface area contributed by atoms with Crippen LogP contribution in [0.1, 0.15) is 155 Å². The molecule has 7 aromatic carbocycles. The summed E-state index contributed by atoms with van der Waals surface area (Å²) in [6.45, 7) is 31.8. The van der Waals surface area contributed by atoms with Crippen molar-refractivity contribution in [2.24, 2.45) is 0 Å². The van der Waals surface area contributed by atoms with Gasteiger partial charge in [0.2, 0.25) is 0 Å². The molecule has 2 aromatic heterocycles. The van der Waals surface area contributed by atoms with Crippen LogP contribution in [0.4, 0.5) is 11.4 Å². The highest BCUT2D eigenvalue weighted by molar-refractivity contribution is 7.26. The molecule has 9 aromatic rings. The number of aromatic nitrogens is 1. The molecule has 1 N–H and O–H groups in total. The molecule has 0 bridgehead atoms. The summed E-state index contributed by atoms with van der Waals surface area (Å²) < 4.78 is 5.43. The van der Waals surface area contributed by atoms with E-state index in [1.54, 1.807) is 0 Å². The maximum atomic E-state index is 4.16. The van der Waals surface area contributed by atoms with Crippen LogP contribution in [-0.2, 0) is 32.5 Å². The van der Waals surface area contributed by atoms with E-state index in [0.29, 0.717) is 0 Å². The molecule has 3 aliphatic carbocycles. The maximum absolute atomic E-state index is 4.16. The number of hydrogen-bond donors (Lipinski definition) is 1. The zero-order valence-electron chi connectivity index (χ0n) is 43.2. The van der Waals surface area contributed by atoms with Crippen LogP contribution in [0.2, 0.25) is 0 Å². The molecule has 13 rings (SSSR count). The topological polar surface area (TPSA) is 17.0 Å². The predicted molar refractivity (Wildman–Crippen MR) is 301 cm³/mol. The zero-order valence-corrected chi connectivity index (χ0v) is 44.0. The summed E-state index contributed by atoms with van der Waals surface area (Å²) in [5, 5.41) is 9.63. The van der Waals surface area contributed by atoms with Crippen LogP contribution < -0.4 is 16.2 Å². The van der Waals surface area contributed by atoms with Gasteiger partial charge in [0.05, 0.1) is 5.52 Å².